The number of aliphatic hydroxyl groups excluding tert-OH is 1. The summed E-state index contributed by atoms with van der Waals surface area (Å²) in [7, 11) is 0. The number of aliphatic hydroxyl groups is 1. The van der Waals surface area contributed by atoms with E-state index < -0.39 is 29.9 Å². The van der Waals surface area contributed by atoms with E-state index in [-0.39, 0.29) is 5.69 Å². The minimum Gasteiger partial charge on any atom is -0.382 e. The third kappa shape index (κ3) is 5.40. The summed E-state index contributed by atoms with van der Waals surface area (Å²) in [6, 6.07) is 3.26. The van der Waals surface area contributed by atoms with Gasteiger partial charge >= 0.3 is 6.03 Å². The maximum Gasteiger partial charge on any atom is 0.338 e. The van der Waals surface area contributed by atoms with Crippen LogP contribution in [-0.2, 0) is 4.79 Å². The normalized spacial score (nSPS) is 17.6. The molecular formula is C17H25FN4O3. The molecular weight excluding hydrogens is 327 g/mol. The van der Waals surface area contributed by atoms with Crippen molar-refractivity contribution in [3.8, 4) is 0 Å². The number of halogens is 1. The minimum atomic E-state index is -1.49. The highest BCUT2D eigenvalue weighted by Gasteiger charge is 2.28. The Morgan fingerprint density at radius 1 is 1.32 bits per heavy atom. The van der Waals surface area contributed by atoms with Crippen molar-refractivity contribution in [2.45, 2.75) is 50.7 Å². The highest BCUT2D eigenvalue weighted by Crippen LogP contribution is 2.27. The zero-order valence-corrected chi connectivity index (χ0v) is 14.0. The molecule has 138 valence electrons. The molecule has 7 nitrogen and oxygen atoms in total. The molecule has 8 heteroatoms. The van der Waals surface area contributed by atoms with E-state index in [1.807, 2.05) is 0 Å². The zero-order valence-electron chi connectivity index (χ0n) is 14.0. The van der Waals surface area contributed by atoms with E-state index in [2.05, 4.69) is 5.43 Å². The number of primary amides is 1. The first-order valence-corrected chi connectivity index (χ1v) is 8.47. The molecule has 1 fully saturated rings. The zero-order chi connectivity index (χ0) is 18.4. The number of anilines is 1. The van der Waals surface area contributed by atoms with Gasteiger partial charge in [0.1, 0.15) is 11.9 Å². The van der Waals surface area contributed by atoms with Crippen LogP contribution < -0.4 is 21.9 Å². The first-order chi connectivity index (χ1) is 11.9. The SMILES string of the molecule is NC(=O)N(NC(=O)C(O)[C@H](N)CC1CCCCC1)c1cccc(F)c1. The Morgan fingerprint density at radius 3 is 2.60 bits per heavy atom. The van der Waals surface area contributed by atoms with E-state index in [4.69, 9.17) is 11.5 Å². The first-order valence-electron chi connectivity index (χ1n) is 8.47. The summed E-state index contributed by atoms with van der Waals surface area (Å²) in [5.41, 5.74) is 13.4. The monoisotopic (exact) mass is 352 g/mol. The van der Waals surface area contributed by atoms with E-state index >= 15 is 0 Å². The first kappa shape index (κ1) is 19.1. The number of nitrogens with one attached hydrogen (secondary N) is 1. The third-order valence-electron chi connectivity index (χ3n) is 4.51. The van der Waals surface area contributed by atoms with Crippen LogP contribution in [0, 0.1) is 11.7 Å². The van der Waals surface area contributed by atoms with Crippen LogP contribution in [0.5, 0.6) is 0 Å². The van der Waals surface area contributed by atoms with Gasteiger partial charge in [0.25, 0.3) is 5.91 Å². The number of rotatable bonds is 5. The van der Waals surface area contributed by atoms with Crippen molar-refractivity contribution in [1.29, 1.82) is 0 Å². The van der Waals surface area contributed by atoms with Crippen molar-refractivity contribution in [1.82, 2.24) is 5.43 Å². The molecule has 0 bridgehead atoms. The molecule has 6 N–H and O–H groups in total. The second kappa shape index (κ2) is 8.77. The van der Waals surface area contributed by atoms with Gasteiger partial charge in [-0.2, -0.15) is 0 Å². The van der Waals surface area contributed by atoms with Crippen molar-refractivity contribution < 1.29 is 19.1 Å². The van der Waals surface area contributed by atoms with Gasteiger partial charge in [0, 0.05) is 6.04 Å². The second-order valence-electron chi connectivity index (χ2n) is 6.48. The highest BCUT2D eigenvalue weighted by molar-refractivity contribution is 5.95. The fourth-order valence-corrected chi connectivity index (χ4v) is 3.17. The van der Waals surface area contributed by atoms with Gasteiger partial charge in [-0.1, -0.05) is 38.2 Å². The van der Waals surface area contributed by atoms with Crippen LogP contribution in [0.1, 0.15) is 38.5 Å². The molecule has 3 amide bonds. The average molecular weight is 352 g/mol. The van der Waals surface area contributed by atoms with Crippen molar-refractivity contribution >= 4 is 17.6 Å². The van der Waals surface area contributed by atoms with Crippen molar-refractivity contribution in [3.05, 3.63) is 30.1 Å². The molecule has 2 atom stereocenters. The standard InChI is InChI=1S/C17H25FN4O3/c18-12-7-4-8-13(10-12)22(17(20)25)21-16(24)15(23)14(19)9-11-5-2-1-3-6-11/h4,7-8,10-11,14-15,23H,1-3,5-6,9,19H2,(H2,20,25)(H,21,24)/t14-,15?/m1/s1. The van der Waals surface area contributed by atoms with Gasteiger partial charge in [-0.25, -0.2) is 14.2 Å². The number of nitrogens with two attached hydrogens (primary N) is 2. The molecule has 2 rings (SSSR count). The molecule has 25 heavy (non-hydrogen) atoms. The molecule has 0 radical (unpaired) electrons. The maximum atomic E-state index is 13.3. The predicted molar refractivity (Wildman–Crippen MR) is 91.8 cm³/mol. The Labute approximate surface area is 146 Å². The Morgan fingerprint density at radius 2 is 2.00 bits per heavy atom. The lowest BCUT2D eigenvalue weighted by Gasteiger charge is -2.28. The number of amides is 3. The molecule has 1 saturated carbocycles. The molecule has 0 heterocycles. The van der Waals surface area contributed by atoms with Crippen LogP contribution in [0.4, 0.5) is 14.9 Å². The predicted octanol–water partition coefficient (Wildman–Crippen LogP) is 1.40. The van der Waals surface area contributed by atoms with Crippen LogP contribution in [0.15, 0.2) is 24.3 Å². The second-order valence-corrected chi connectivity index (χ2v) is 6.48. The van der Waals surface area contributed by atoms with Gasteiger partial charge < -0.3 is 16.6 Å². The Kier molecular flexibility index (Phi) is 6.72. The summed E-state index contributed by atoms with van der Waals surface area (Å²) in [5, 5.41) is 10.8. The maximum absolute atomic E-state index is 13.3. The number of carbonyl (C=O) groups is 2. The molecule has 1 aliphatic rings. The lowest BCUT2D eigenvalue weighted by molar-refractivity contribution is -0.130. The Balaban J connectivity index is 1.98. The number of hydrogen-bond donors (Lipinski definition) is 4. The van der Waals surface area contributed by atoms with Crippen LogP contribution in [0.2, 0.25) is 0 Å². The minimum absolute atomic E-state index is 0.0499. The smallest absolute Gasteiger partial charge is 0.338 e. The molecule has 1 aromatic carbocycles. The van der Waals surface area contributed by atoms with Crippen LogP contribution in [0.25, 0.3) is 0 Å². The van der Waals surface area contributed by atoms with Crippen LogP contribution in [0.3, 0.4) is 0 Å². The lowest BCUT2D eigenvalue weighted by atomic mass is 9.84. The summed E-state index contributed by atoms with van der Waals surface area (Å²) in [6.45, 7) is 0. The number of nitrogens with zero attached hydrogens (tertiary/aromatic N) is 1. The van der Waals surface area contributed by atoms with Gasteiger partial charge in [-0.05, 0) is 30.5 Å². The van der Waals surface area contributed by atoms with Crippen molar-refractivity contribution in [2.24, 2.45) is 17.4 Å². The number of carbonyl (C=O) groups excluding carboxylic acids is 2. The molecule has 0 saturated heterocycles. The van der Waals surface area contributed by atoms with Crippen LogP contribution >= 0.6 is 0 Å². The molecule has 0 spiro atoms. The number of hydrogen-bond acceptors (Lipinski definition) is 4. The quantitative estimate of drug-likeness (QED) is 0.598. The van der Waals surface area contributed by atoms with E-state index in [9.17, 15) is 19.1 Å². The van der Waals surface area contributed by atoms with Gasteiger partial charge in [0.15, 0.2) is 0 Å². The van der Waals surface area contributed by atoms with E-state index in [0.29, 0.717) is 17.3 Å². The molecule has 0 aliphatic heterocycles. The average Bonchev–Trinajstić information content (AvgIpc) is 2.59. The number of urea groups is 1. The third-order valence-corrected chi connectivity index (χ3v) is 4.51. The van der Waals surface area contributed by atoms with Gasteiger partial charge in [0.05, 0.1) is 5.69 Å². The summed E-state index contributed by atoms with van der Waals surface area (Å²) in [6.07, 6.45) is 4.60. The van der Waals surface area contributed by atoms with Crippen LogP contribution in [-0.4, -0.2) is 29.2 Å². The van der Waals surface area contributed by atoms with E-state index in [0.717, 1.165) is 31.7 Å². The van der Waals surface area contributed by atoms with Gasteiger partial charge in [-0.3, -0.25) is 10.2 Å². The summed E-state index contributed by atoms with van der Waals surface area (Å²) in [5.74, 6) is -1.06. The molecule has 0 aromatic heterocycles. The molecule has 1 aliphatic carbocycles. The van der Waals surface area contributed by atoms with Gasteiger partial charge in [0.2, 0.25) is 0 Å². The topological polar surface area (TPSA) is 122 Å². The van der Waals surface area contributed by atoms with Gasteiger partial charge in [-0.15, -0.1) is 0 Å². The fraction of sp³-hybridized carbons (Fsp3) is 0.529. The summed E-state index contributed by atoms with van der Waals surface area (Å²) in [4.78, 5) is 23.8. The number of hydrazine groups is 1. The Hall–Kier alpha value is -2.19. The fourth-order valence-electron chi connectivity index (χ4n) is 3.17. The van der Waals surface area contributed by atoms with E-state index in [1.54, 1.807) is 0 Å². The molecule has 1 aromatic rings. The summed E-state index contributed by atoms with van der Waals surface area (Å²) >= 11 is 0. The lowest BCUT2D eigenvalue weighted by Crippen LogP contribution is -2.56. The Bertz CT molecular complexity index is 607. The largest absolute Gasteiger partial charge is 0.382 e. The summed E-state index contributed by atoms with van der Waals surface area (Å²) < 4.78 is 13.3. The van der Waals surface area contributed by atoms with E-state index in [1.165, 1.54) is 24.6 Å². The highest BCUT2D eigenvalue weighted by atomic mass is 19.1. The molecule has 1 unspecified atom stereocenters. The number of benzene rings is 1. The van der Waals surface area contributed by atoms with Crippen molar-refractivity contribution in [3.63, 3.8) is 0 Å². The van der Waals surface area contributed by atoms with Crippen molar-refractivity contribution in [2.75, 3.05) is 5.01 Å².